The van der Waals surface area contributed by atoms with Crippen molar-refractivity contribution in [2.75, 3.05) is 111 Å². The normalized spacial score (nSPS) is 19.2. The Kier molecular flexibility index (Phi) is 13.8. The molecule has 0 radical (unpaired) electrons. The Morgan fingerprint density at radius 1 is 0.767 bits per heavy atom. The van der Waals surface area contributed by atoms with Crippen LogP contribution < -0.4 is 16.0 Å². The molecule has 0 aromatic heterocycles. The minimum atomic E-state index is -0.998. The van der Waals surface area contributed by atoms with Crippen molar-refractivity contribution in [2.24, 2.45) is 0 Å². The molecule has 238 valence electrons. The molecule has 0 aliphatic carbocycles. The van der Waals surface area contributed by atoms with Gasteiger partial charge in [0, 0.05) is 51.4 Å². The van der Waals surface area contributed by atoms with Crippen molar-refractivity contribution in [3.63, 3.8) is 0 Å². The van der Waals surface area contributed by atoms with Gasteiger partial charge in [-0.05, 0) is 18.6 Å². The van der Waals surface area contributed by atoms with Gasteiger partial charge in [-0.1, -0.05) is 6.07 Å². The maximum absolute atomic E-state index is 13.1. The summed E-state index contributed by atoms with van der Waals surface area (Å²) in [6.07, 6.45) is 0.190. The van der Waals surface area contributed by atoms with E-state index in [9.17, 15) is 19.2 Å². The van der Waals surface area contributed by atoms with Crippen LogP contribution in [0.25, 0.3) is 0 Å². The fourth-order valence-electron chi connectivity index (χ4n) is 5.03. The molecule has 2 saturated heterocycles. The highest BCUT2D eigenvalue weighted by molar-refractivity contribution is 6.25. The van der Waals surface area contributed by atoms with Gasteiger partial charge < -0.3 is 34.3 Å². The molecule has 2 fully saturated rings. The summed E-state index contributed by atoms with van der Waals surface area (Å²) in [5.41, 5.74) is 0.944. The maximum Gasteiger partial charge on any atom is 0.264 e. The molecule has 3 aliphatic heterocycles. The molecule has 1 unspecified atom stereocenters. The van der Waals surface area contributed by atoms with E-state index >= 15 is 0 Å². The summed E-state index contributed by atoms with van der Waals surface area (Å²) in [5.74, 6) is -2.13. The van der Waals surface area contributed by atoms with E-state index < -0.39 is 29.7 Å². The Labute approximate surface area is 251 Å². The number of anilines is 1. The Hall–Kier alpha value is -2.98. The second-order valence-electron chi connectivity index (χ2n) is 10.3. The van der Waals surface area contributed by atoms with E-state index in [1.54, 1.807) is 18.2 Å². The van der Waals surface area contributed by atoms with E-state index in [4.69, 9.17) is 23.7 Å². The Morgan fingerprint density at radius 3 is 2.00 bits per heavy atom. The monoisotopic (exact) mass is 605 g/mol. The SMILES string of the molecule is O=C1CCC(N2C(=O)c3cccc(NCCOCCOCCOCCOCCOCCN4CCNCC4)c3C2=O)C(=O)N1. The number of fused-ring (bicyclic) bond motifs is 1. The zero-order chi connectivity index (χ0) is 30.3. The van der Waals surface area contributed by atoms with Gasteiger partial charge in [-0.3, -0.25) is 34.3 Å². The number of hydrogen-bond donors (Lipinski definition) is 3. The molecular weight excluding hydrogens is 562 g/mol. The van der Waals surface area contributed by atoms with Crippen molar-refractivity contribution >= 4 is 29.3 Å². The summed E-state index contributed by atoms with van der Waals surface area (Å²) in [7, 11) is 0. The van der Waals surface area contributed by atoms with E-state index in [1.807, 2.05) is 0 Å². The fourth-order valence-corrected chi connectivity index (χ4v) is 5.03. The van der Waals surface area contributed by atoms with Crippen molar-refractivity contribution in [1.82, 2.24) is 20.4 Å². The smallest absolute Gasteiger partial charge is 0.264 e. The molecule has 4 rings (SSSR count). The predicted molar refractivity (Wildman–Crippen MR) is 155 cm³/mol. The van der Waals surface area contributed by atoms with Crippen LogP contribution in [0.5, 0.6) is 0 Å². The van der Waals surface area contributed by atoms with Crippen LogP contribution in [0, 0.1) is 0 Å². The number of amides is 4. The standard InChI is InChI=1S/C29H43N5O9/c35-25-5-4-24(27(36)32-25)34-28(37)22-2-1-3-23(26(22)29(34)38)31-8-12-39-14-16-41-18-20-43-21-19-42-17-15-40-13-11-33-9-6-30-7-10-33/h1-3,24,30-31H,4-21H2,(H,32,35,36). The lowest BCUT2D eigenvalue weighted by Gasteiger charge is -2.27. The lowest BCUT2D eigenvalue weighted by molar-refractivity contribution is -0.136. The molecule has 14 heteroatoms. The van der Waals surface area contributed by atoms with Gasteiger partial charge in [0.25, 0.3) is 11.8 Å². The number of carbonyl (C=O) groups is 4. The quantitative estimate of drug-likeness (QED) is 0.129. The number of carbonyl (C=O) groups excluding carboxylic acids is 4. The molecule has 1 aromatic carbocycles. The van der Waals surface area contributed by atoms with Crippen molar-refractivity contribution in [3.05, 3.63) is 29.3 Å². The van der Waals surface area contributed by atoms with Crippen LogP contribution in [0.3, 0.4) is 0 Å². The van der Waals surface area contributed by atoms with Crippen molar-refractivity contribution in [1.29, 1.82) is 0 Å². The number of imide groups is 2. The first-order valence-electron chi connectivity index (χ1n) is 15.0. The first-order valence-corrected chi connectivity index (χ1v) is 15.0. The predicted octanol–water partition coefficient (Wildman–Crippen LogP) is -0.512. The molecule has 0 bridgehead atoms. The lowest BCUT2D eigenvalue weighted by atomic mass is 10.0. The van der Waals surface area contributed by atoms with Crippen LogP contribution >= 0.6 is 0 Å². The average molecular weight is 606 g/mol. The number of nitrogens with one attached hydrogen (secondary N) is 3. The van der Waals surface area contributed by atoms with Crippen LogP contribution in [0.1, 0.15) is 33.6 Å². The number of ether oxygens (including phenoxy) is 5. The molecule has 1 atom stereocenters. The van der Waals surface area contributed by atoms with Crippen LogP contribution in [-0.2, 0) is 33.3 Å². The lowest BCUT2D eigenvalue weighted by Crippen LogP contribution is -2.54. The second kappa shape index (κ2) is 18.0. The summed E-state index contributed by atoms with van der Waals surface area (Å²) in [6.45, 7) is 10.6. The molecule has 3 N–H and O–H groups in total. The van der Waals surface area contributed by atoms with Gasteiger partial charge in [-0.2, -0.15) is 0 Å². The van der Waals surface area contributed by atoms with Gasteiger partial charge in [0.15, 0.2) is 0 Å². The zero-order valence-electron chi connectivity index (χ0n) is 24.6. The number of nitrogens with zero attached hydrogens (tertiary/aromatic N) is 2. The highest BCUT2D eigenvalue weighted by atomic mass is 16.6. The molecule has 43 heavy (non-hydrogen) atoms. The number of hydrogen-bond acceptors (Lipinski definition) is 12. The van der Waals surface area contributed by atoms with Crippen molar-refractivity contribution < 1.29 is 42.9 Å². The van der Waals surface area contributed by atoms with E-state index in [-0.39, 0.29) is 24.0 Å². The van der Waals surface area contributed by atoms with Gasteiger partial charge >= 0.3 is 0 Å². The molecule has 4 amide bonds. The fraction of sp³-hybridized carbons (Fsp3) is 0.655. The molecule has 3 aliphatic rings. The highest BCUT2D eigenvalue weighted by Crippen LogP contribution is 2.32. The summed E-state index contributed by atoms with van der Waals surface area (Å²) in [4.78, 5) is 53.1. The zero-order valence-corrected chi connectivity index (χ0v) is 24.6. The molecule has 14 nitrogen and oxygen atoms in total. The number of piperidine rings is 1. The molecule has 1 aromatic rings. The molecule has 0 saturated carbocycles. The van der Waals surface area contributed by atoms with Crippen LogP contribution in [0.15, 0.2) is 18.2 Å². The minimum absolute atomic E-state index is 0.0756. The Bertz CT molecular complexity index is 1080. The Balaban J connectivity index is 0.976. The molecule has 0 spiro atoms. The third-order valence-corrected chi connectivity index (χ3v) is 7.28. The topological polar surface area (TPSA) is 157 Å². The van der Waals surface area contributed by atoms with Crippen molar-refractivity contribution in [3.8, 4) is 0 Å². The van der Waals surface area contributed by atoms with Gasteiger partial charge in [0.2, 0.25) is 11.8 Å². The van der Waals surface area contributed by atoms with Gasteiger partial charge in [0.05, 0.1) is 77.2 Å². The van der Waals surface area contributed by atoms with E-state index in [1.165, 1.54) is 0 Å². The average Bonchev–Trinajstić information content (AvgIpc) is 3.27. The number of rotatable bonds is 20. The number of benzene rings is 1. The van der Waals surface area contributed by atoms with Crippen LogP contribution in [0.2, 0.25) is 0 Å². The summed E-state index contributed by atoms with van der Waals surface area (Å²) in [6, 6.07) is 3.94. The van der Waals surface area contributed by atoms with E-state index in [0.717, 1.165) is 44.2 Å². The molecule has 3 heterocycles. The van der Waals surface area contributed by atoms with Gasteiger partial charge in [-0.15, -0.1) is 0 Å². The number of piperazine rings is 1. The summed E-state index contributed by atoms with van der Waals surface area (Å²) >= 11 is 0. The van der Waals surface area contributed by atoms with Crippen LogP contribution in [-0.4, -0.2) is 145 Å². The van der Waals surface area contributed by atoms with Gasteiger partial charge in [-0.25, -0.2) is 0 Å². The largest absolute Gasteiger partial charge is 0.382 e. The Morgan fingerprint density at radius 2 is 1.37 bits per heavy atom. The summed E-state index contributed by atoms with van der Waals surface area (Å²) in [5, 5.41) is 8.67. The van der Waals surface area contributed by atoms with Crippen molar-refractivity contribution in [2.45, 2.75) is 18.9 Å². The first kappa shape index (κ1) is 32.9. The second-order valence-corrected chi connectivity index (χ2v) is 10.3. The summed E-state index contributed by atoms with van der Waals surface area (Å²) < 4.78 is 27.7. The molecular formula is C29H43N5O9. The van der Waals surface area contributed by atoms with Gasteiger partial charge in [0.1, 0.15) is 6.04 Å². The van der Waals surface area contributed by atoms with E-state index in [2.05, 4.69) is 20.9 Å². The minimum Gasteiger partial charge on any atom is -0.382 e. The van der Waals surface area contributed by atoms with Crippen LogP contribution in [0.4, 0.5) is 5.69 Å². The third kappa shape index (κ3) is 10.0. The first-order chi connectivity index (χ1) is 21.1. The maximum atomic E-state index is 13.1. The van der Waals surface area contributed by atoms with E-state index in [0.29, 0.717) is 71.7 Å². The highest BCUT2D eigenvalue weighted by Gasteiger charge is 2.45. The third-order valence-electron chi connectivity index (χ3n) is 7.28.